The molecule has 0 saturated carbocycles. The van der Waals surface area contributed by atoms with E-state index in [2.05, 4.69) is 43.3 Å². The first kappa shape index (κ1) is 16.7. The second-order valence-corrected chi connectivity index (χ2v) is 7.34. The lowest BCUT2D eigenvalue weighted by Gasteiger charge is -2.36. The Labute approximate surface area is 143 Å². The van der Waals surface area contributed by atoms with Gasteiger partial charge in [0.2, 0.25) is 5.91 Å². The minimum absolute atomic E-state index is 0.0239. The molecule has 1 aromatic heterocycles. The fourth-order valence-electron chi connectivity index (χ4n) is 3.55. The molecule has 24 heavy (non-hydrogen) atoms. The summed E-state index contributed by atoms with van der Waals surface area (Å²) in [5.74, 6) is -0.0882. The number of rotatable bonds is 4. The van der Waals surface area contributed by atoms with Crippen LogP contribution in [0.5, 0.6) is 0 Å². The fourth-order valence-corrected chi connectivity index (χ4v) is 3.55. The standard InChI is InChI=1S/C19H25N3O2/c1-13-7-5-6-8-16(13)22-17-10-19(2,3)9-15(14(17)11-20-22)21-18(23)12-24-4/h5-8,11,15H,9-10,12H2,1-4H3,(H,21,23)/t15-/m1/s1. The van der Waals surface area contributed by atoms with E-state index in [1.165, 1.54) is 18.4 Å². The van der Waals surface area contributed by atoms with Crippen LogP contribution in [-0.4, -0.2) is 29.4 Å². The number of aromatic nitrogens is 2. The van der Waals surface area contributed by atoms with E-state index in [0.717, 1.165) is 24.1 Å². The van der Waals surface area contributed by atoms with Gasteiger partial charge in [-0.3, -0.25) is 4.79 Å². The van der Waals surface area contributed by atoms with Crippen molar-refractivity contribution in [3.05, 3.63) is 47.3 Å². The number of nitrogens with one attached hydrogen (secondary N) is 1. The van der Waals surface area contributed by atoms with Gasteiger partial charge in [-0.05, 0) is 36.8 Å². The van der Waals surface area contributed by atoms with E-state index in [9.17, 15) is 4.79 Å². The normalized spacial score (nSPS) is 18.9. The zero-order valence-electron chi connectivity index (χ0n) is 14.8. The third kappa shape index (κ3) is 3.22. The second-order valence-electron chi connectivity index (χ2n) is 7.34. The molecule has 1 amide bonds. The van der Waals surface area contributed by atoms with Gasteiger partial charge < -0.3 is 10.1 Å². The lowest BCUT2D eigenvalue weighted by molar-refractivity contribution is -0.125. The van der Waals surface area contributed by atoms with Gasteiger partial charge in [0.15, 0.2) is 0 Å². The van der Waals surface area contributed by atoms with Crippen LogP contribution in [0.15, 0.2) is 30.5 Å². The zero-order valence-corrected chi connectivity index (χ0v) is 14.8. The largest absolute Gasteiger partial charge is 0.375 e. The van der Waals surface area contributed by atoms with Crippen LogP contribution in [0.4, 0.5) is 0 Å². The molecule has 0 fully saturated rings. The first-order valence-corrected chi connectivity index (χ1v) is 8.32. The molecule has 1 aliphatic rings. The van der Waals surface area contributed by atoms with Gasteiger partial charge in [0.05, 0.1) is 23.6 Å². The topological polar surface area (TPSA) is 56.1 Å². The monoisotopic (exact) mass is 327 g/mol. The van der Waals surface area contributed by atoms with Crippen molar-refractivity contribution in [1.29, 1.82) is 0 Å². The molecule has 5 heteroatoms. The maximum atomic E-state index is 12.0. The van der Waals surface area contributed by atoms with E-state index in [4.69, 9.17) is 4.74 Å². The minimum Gasteiger partial charge on any atom is -0.375 e. The number of para-hydroxylation sites is 1. The molecule has 1 N–H and O–H groups in total. The average molecular weight is 327 g/mol. The van der Waals surface area contributed by atoms with Crippen LogP contribution in [0, 0.1) is 12.3 Å². The zero-order chi connectivity index (χ0) is 17.3. The second kappa shape index (κ2) is 6.40. The number of hydrogen-bond acceptors (Lipinski definition) is 3. The molecular weight excluding hydrogens is 302 g/mol. The predicted molar refractivity (Wildman–Crippen MR) is 93.2 cm³/mol. The molecule has 0 saturated heterocycles. The molecule has 0 spiro atoms. The number of benzene rings is 1. The van der Waals surface area contributed by atoms with Crippen molar-refractivity contribution in [3.8, 4) is 5.69 Å². The molecule has 0 aliphatic heterocycles. The number of hydrogen-bond donors (Lipinski definition) is 1. The Morgan fingerprint density at radius 2 is 2.17 bits per heavy atom. The third-order valence-corrected chi connectivity index (χ3v) is 4.63. The highest BCUT2D eigenvalue weighted by molar-refractivity contribution is 5.77. The highest BCUT2D eigenvalue weighted by atomic mass is 16.5. The van der Waals surface area contributed by atoms with Crippen molar-refractivity contribution in [2.75, 3.05) is 13.7 Å². The van der Waals surface area contributed by atoms with E-state index in [-0.39, 0.29) is 24.0 Å². The Kier molecular flexibility index (Phi) is 4.45. The predicted octanol–water partition coefficient (Wildman–Crippen LogP) is 2.96. The summed E-state index contributed by atoms with van der Waals surface area (Å²) in [7, 11) is 1.53. The van der Waals surface area contributed by atoms with Gasteiger partial charge in [0.25, 0.3) is 0 Å². The van der Waals surface area contributed by atoms with Gasteiger partial charge in [-0.25, -0.2) is 4.68 Å². The molecule has 0 unspecified atom stereocenters. The van der Waals surface area contributed by atoms with Crippen LogP contribution >= 0.6 is 0 Å². The highest BCUT2D eigenvalue weighted by Gasteiger charge is 2.36. The number of methoxy groups -OCH3 is 1. The van der Waals surface area contributed by atoms with Gasteiger partial charge in [-0.2, -0.15) is 5.10 Å². The van der Waals surface area contributed by atoms with Gasteiger partial charge in [-0.1, -0.05) is 32.0 Å². The first-order valence-electron chi connectivity index (χ1n) is 8.32. The molecule has 1 heterocycles. The Morgan fingerprint density at radius 3 is 2.88 bits per heavy atom. The Hall–Kier alpha value is -2.14. The molecular formula is C19H25N3O2. The third-order valence-electron chi connectivity index (χ3n) is 4.63. The molecule has 5 nitrogen and oxygen atoms in total. The quantitative estimate of drug-likeness (QED) is 0.939. The molecule has 1 aromatic carbocycles. The van der Waals surface area contributed by atoms with Crippen LogP contribution in [0.1, 0.15) is 43.1 Å². The number of carbonyl (C=O) groups is 1. The van der Waals surface area contributed by atoms with Crippen LogP contribution in [0.25, 0.3) is 5.69 Å². The van der Waals surface area contributed by atoms with E-state index >= 15 is 0 Å². The molecule has 3 rings (SSSR count). The Morgan fingerprint density at radius 1 is 1.42 bits per heavy atom. The van der Waals surface area contributed by atoms with Crippen molar-refractivity contribution >= 4 is 5.91 Å². The number of ether oxygens (including phenoxy) is 1. The summed E-state index contributed by atoms with van der Waals surface area (Å²) in [6.07, 6.45) is 3.73. The summed E-state index contributed by atoms with van der Waals surface area (Å²) in [4.78, 5) is 12.0. The number of nitrogens with zero attached hydrogens (tertiary/aromatic N) is 2. The maximum absolute atomic E-state index is 12.0. The molecule has 0 bridgehead atoms. The summed E-state index contributed by atoms with van der Waals surface area (Å²) < 4.78 is 6.97. The van der Waals surface area contributed by atoms with Crippen LogP contribution in [0.3, 0.4) is 0 Å². The lowest BCUT2D eigenvalue weighted by atomic mass is 9.74. The number of fused-ring (bicyclic) bond motifs is 1. The summed E-state index contributed by atoms with van der Waals surface area (Å²) in [5.41, 5.74) is 4.67. The molecule has 1 atom stereocenters. The summed E-state index contributed by atoms with van der Waals surface area (Å²) >= 11 is 0. The van der Waals surface area contributed by atoms with Gasteiger partial charge >= 0.3 is 0 Å². The van der Waals surface area contributed by atoms with Crippen LogP contribution in [-0.2, 0) is 16.0 Å². The number of amides is 1. The Balaban J connectivity index is 2.00. The van der Waals surface area contributed by atoms with E-state index in [1.54, 1.807) is 0 Å². The van der Waals surface area contributed by atoms with Gasteiger partial charge in [0, 0.05) is 12.7 Å². The lowest BCUT2D eigenvalue weighted by Crippen LogP contribution is -2.38. The van der Waals surface area contributed by atoms with E-state index in [1.807, 2.05) is 23.0 Å². The molecule has 128 valence electrons. The maximum Gasteiger partial charge on any atom is 0.246 e. The van der Waals surface area contributed by atoms with Crippen molar-refractivity contribution in [2.24, 2.45) is 5.41 Å². The van der Waals surface area contributed by atoms with Crippen LogP contribution in [0.2, 0.25) is 0 Å². The summed E-state index contributed by atoms with van der Waals surface area (Å²) in [6, 6.07) is 8.22. The average Bonchev–Trinajstić information content (AvgIpc) is 2.90. The van der Waals surface area contributed by atoms with Crippen molar-refractivity contribution in [2.45, 2.75) is 39.7 Å². The number of carbonyl (C=O) groups excluding carboxylic acids is 1. The molecule has 2 aromatic rings. The number of aryl methyl sites for hydroxylation is 1. The van der Waals surface area contributed by atoms with Gasteiger partial charge in [-0.15, -0.1) is 0 Å². The fraction of sp³-hybridized carbons (Fsp3) is 0.474. The summed E-state index contributed by atoms with van der Waals surface area (Å²) in [5, 5.41) is 7.73. The van der Waals surface area contributed by atoms with Crippen molar-refractivity contribution < 1.29 is 9.53 Å². The van der Waals surface area contributed by atoms with Crippen LogP contribution < -0.4 is 5.32 Å². The van der Waals surface area contributed by atoms with Gasteiger partial charge in [0.1, 0.15) is 6.61 Å². The molecule has 1 aliphatic carbocycles. The summed E-state index contributed by atoms with van der Waals surface area (Å²) in [6.45, 7) is 6.65. The van der Waals surface area contributed by atoms with Crippen molar-refractivity contribution in [1.82, 2.24) is 15.1 Å². The molecule has 0 radical (unpaired) electrons. The van der Waals surface area contributed by atoms with E-state index < -0.39 is 0 Å². The Bertz CT molecular complexity index is 749. The van der Waals surface area contributed by atoms with E-state index in [0.29, 0.717) is 0 Å². The first-order chi connectivity index (χ1) is 11.4. The minimum atomic E-state index is -0.0882. The SMILES string of the molecule is COCC(=O)N[C@@H]1CC(C)(C)Cc2c1cnn2-c1ccccc1C. The van der Waals surface area contributed by atoms with Crippen molar-refractivity contribution in [3.63, 3.8) is 0 Å². The smallest absolute Gasteiger partial charge is 0.246 e. The highest BCUT2D eigenvalue weighted by Crippen LogP contribution is 2.41.